The summed E-state index contributed by atoms with van der Waals surface area (Å²) in [4.78, 5) is 11.1. The normalized spacial score (nSPS) is 11.1. The third-order valence-electron chi connectivity index (χ3n) is 1.86. The third-order valence-corrected chi connectivity index (χ3v) is 2.08. The molecule has 0 saturated heterocycles. The molecule has 0 unspecified atom stereocenters. The van der Waals surface area contributed by atoms with Gasteiger partial charge in [-0.3, -0.25) is 4.79 Å². The average Bonchev–Trinajstić information content (AvgIpc) is 2.33. The summed E-state index contributed by atoms with van der Waals surface area (Å²) in [5, 5.41) is 2.69. The number of benzene rings is 1. The molecule has 0 aliphatic heterocycles. The van der Waals surface area contributed by atoms with Crippen LogP contribution >= 0.6 is 12.6 Å². The van der Waals surface area contributed by atoms with Crippen LogP contribution in [0.3, 0.4) is 0 Å². The van der Waals surface area contributed by atoms with E-state index in [4.69, 9.17) is 0 Å². The van der Waals surface area contributed by atoms with Gasteiger partial charge in [-0.05, 0) is 5.56 Å². The van der Waals surface area contributed by atoms with Crippen molar-refractivity contribution < 1.29 is 4.79 Å². The van der Waals surface area contributed by atoms with Crippen molar-refractivity contribution in [2.75, 3.05) is 12.3 Å². The van der Waals surface area contributed by atoms with Crippen molar-refractivity contribution in [3.05, 3.63) is 54.1 Å². The number of nitrogens with one attached hydrogen (secondary N) is 1. The van der Waals surface area contributed by atoms with E-state index in [0.717, 1.165) is 5.56 Å². The van der Waals surface area contributed by atoms with Crippen LogP contribution in [-0.4, -0.2) is 18.2 Å². The van der Waals surface area contributed by atoms with E-state index >= 15 is 0 Å². The third kappa shape index (κ3) is 5.41. The van der Waals surface area contributed by atoms with Crippen LogP contribution in [0.15, 0.2) is 48.6 Å². The molecule has 2 nitrogen and oxygen atoms in total. The molecule has 0 fully saturated rings. The van der Waals surface area contributed by atoms with Gasteiger partial charge in [-0.2, -0.15) is 12.6 Å². The molecule has 0 saturated carbocycles. The molecule has 0 radical (unpaired) electrons. The Bertz CT molecular complexity index is 371. The summed E-state index contributed by atoms with van der Waals surface area (Å²) in [7, 11) is 0. The zero-order valence-electron chi connectivity index (χ0n) is 8.97. The fraction of sp³-hybridized carbons (Fsp3) is 0.154. The van der Waals surface area contributed by atoms with E-state index in [1.165, 1.54) is 6.08 Å². The van der Waals surface area contributed by atoms with Gasteiger partial charge in [-0.25, -0.2) is 0 Å². The second kappa shape index (κ2) is 7.77. The standard InChI is InChI=1S/C13H15NOS/c15-13(14-10-11-16)9-5-4-8-12-6-2-1-3-7-12/h1-9,16H,10-11H2,(H,14,15). The van der Waals surface area contributed by atoms with Crippen molar-refractivity contribution in [2.45, 2.75) is 0 Å². The van der Waals surface area contributed by atoms with Crippen LogP contribution in [0.5, 0.6) is 0 Å². The molecule has 0 heterocycles. The maximum atomic E-state index is 11.1. The van der Waals surface area contributed by atoms with Gasteiger partial charge < -0.3 is 5.32 Å². The van der Waals surface area contributed by atoms with Gasteiger partial charge in [-0.1, -0.05) is 48.6 Å². The highest BCUT2D eigenvalue weighted by molar-refractivity contribution is 7.80. The van der Waals surface area contributed by atoms with E-state index in [9.17, 15) is 4.79 Å². The van der Waals surface area contributed by atoms with Gasteiger partial charge in [0.15, 0.2) is 0 Å². The fourth-order valence-corrected chi connectivity index (χ4v) is 1.22. The molecule has 16 heavy (non-hydrogen) atoms. The van der Waals surface area contributed by atoms with Crippen LogP contribution in [0.25, 0.3) is 6.08 Å². The topological polar surface area (TPSA) is 29.1 Å². The van der Waals surface area contributed by atoms with Crippen molar-refractivity contribution in [3.8, 4) is 0 Å². The second-order valence-electron chi connectivity index (χ2n) is 3.14. The quantitative estimate of drug-likeness (QED) is 0.456. The van der Waals surface area contributed by atoms with Gasteiger partial charge in [0.2, 0.25) is 5.91 Å². The molecule has 1 aromatic rings. The lowest BCUT2D eigenvalue weighted by Crippen LogP contribution is -2.22. The number of carbonyl (C=O) groups excluding carboxylic acids is 1. The predicted molar refractivity (Wildman–Crippen MR) is 71.5 cm³/mol. The monoisotopic (exact) mass is 233 g/mol. The van der Waals surface area contributed by atoms with Crippen LogP contribution in [0, 0.1) is 0 Å². The Morgan fingerprint density at radius 2 is 2.00 bits per heavy atom. The van der Waals surface area contributed by atoms with E-state index in [2.05, 4.69) is 17.9 Å². The maximum Gasteiger partial charge on any atom is 0.244 e. The number of carbonyl (C=O) groups is 1. The molecule has 3 heteroatoms. The average molecular weight is 233 g/mol. The van der Waals surface area contributed by atoms with Gasteiger partial charge >= 0.3 is 0 Å². The van der Waals surface area contributed by atoms with Gasteiger partial charge in [-0.15, -0.1) is 0 Å². The Kier molecular flexibility index (Phi) is 6.11. The van der Waals surface area contributed by atoms with E-state index in [0.29, 0.717) is 12.3 Å². The highest BCUT2D eigenvalue weighted by Gasteiger charge is 1.89. The van der Waals surface area contributed by atoms with Crippen LogP contribution < -0.4 is 5.32 Å². The van der Waals surface area contributed by atoms with Crippen LogP contribution in [-0.2, 0) is 4.79 Å². The molecule has 0 aromatic heterocycles. The highest BCUT2D eigenvalue weighted by Crippen LogP contribution is 2.00. The Hall–Kier alpha value is -1.48. The smallest absolute Gasteiger partial charge is 0.244 e. The summed E-state index contributed by atoms with van der Waals surface area (Å²) in [6.45, 7) is 0.592. The zero-order chi connectivity index (χ0) is 11.6. The second-order valence-corrected chi connectivity index (χ2v) is 3.59. The first-order chi connectivity index (χ1) is 7.83. The van der Waals surface area contributed by atoms with Gasteiger partial charge in [0.1, 0.15) is 0 Å². The first-order valence-corrected chi connectivity index (χ1v) is 5.74. The summed E-state index contributed by atoms with van der Waals surface area (Å²) in [5.74, 6) is 0.561. The van der Waals surface area contributed by atoms with Gasteiger partial charge in [0.05, 0.1) is 0 Å². The van der Waals surface area contributed by atoms with E-state index in [1.807, 2.05) is 42.5 Å². The van der Waals surface area contributed by atoms with Crippen LogP contribution in [0.4, 0.5) is 0 Å². The molecule has 0 atom stereocenters. The van der Waals surface area contributed by atoms with Crippen LogP contribution in [0.2, 0.25) is 0 Å². The van der Waals surface area contributed by atoms with Crippen molar-refractivity contribution in [3.63, 3.8) is 0 Å². The molecule has 0 aliphatic rings. The lowest BCUT2D eigenvalue weighted by Gasteiger charge is -1.95. The summed E-state index contributed by atoms with van der Waals surface area (Å²) < 4.78 is 0. The Labute approximate surface area is 101 Å². The Morgan fingerprint density at radius 3 is 2.69 bits per heavy atom. The van der Waals surface area contributed by atoms with Crippen molar-refractivity contribution >= 4 is 24.6 Å². The van der Waals surface area contributed by atoms with Crippen molar-refractivity contribution in [2.24, 2.45) is 0 Å². The number of amides is 1. The minimum atomic E-state index is -0.0910. The molecule has 1 amide bonds. The maximum absolute atomic E-state index is 11.1. The highest BCUT2D eigenvalue weighted by atomic mass is 32.1. The lowest BCUT2D eigenvalue weighted by atomic mass is 10.2. The van der Waals surface area contributed by atoms with Crippen molar-refractivity contribution in [1.29, 1.82) is 0 Å². The number of rotatable bonds is 5. The summed E-state index contributed by atoms with van der Waals surface area (Å²) in [6, 6.07) is 9.93. The number of hydrogen-bond donors (Lipinski definition) is 2. The molecule has 0 spiro atoms. The Balaban J connectivity index is 2.36. The van der Waals surface area contributed by atoms with E-state index < -0.39 is 0 Å². The van der Waals surface area contributed by atoms with Crippen molar-refractivity contribution in [1.82, 2.24) is 5.32 Å². The number of allylic oxidation sites excluding steroid dienone is 2. The zero-order valence-corrected chi connectivity index (χ0v) is 9.86. The summed E-state index contributed by atoms with van der Waals surface area (Å²) >= 11 is 4.00. The molecule has 1 N–H and O–H groups in total. The van der Waals surface area contributed by atoms with E-state index in [-0.39, 0.29) is 5.91 Å². The minimum Gasteiger partial charge on any atom is -0.352 e. The number of hydrogen-bond acceptors (Lipinski definition) is 2. The Morgan fingerprint density at radius 1 is 1.25 bits per heavy atom. The molecular weight excluding hydrogens is 218 g/mol. The predicted octanol–water partition coefficient (Wildman–Crippen LogP) is 2.30. The molecular formula is C13H15NOS. The fourth-order valence-electron chi connectivity index (χ4n) is 1.11. The summed E-state index contributed by atoms with van der Waals surface area (Å²) in [5.41, 5.74) is 1.11. The van der Waals surface area contributed by atoms with Gasteiger partial charge in [0, 0.05) is 18.4 Å². The largest absolute Gasteiger partial charge is 0.352 e. The first kappa shape index (κ1) is 12.6. The van der Waals surface area contributed by atoms with E-state index in [1.54, 1.807) is 6.08 Å². The SMILES string of the molecule is O=C(C=CC=Cc1ccccc1)NCCS. The molecule has 1 rings (SSSR count). The number of thiol groups is 1. The lowest BCUT2D eigenvalue weighted by molar-refractivity contribution is -0.116. The first-order valence-electron chi connectivity index (χ1n) is 5.11. The van der Waals surface area contributed by atoms with Gasteiger partial charge in [0.25, 0.3) is 0 Å². The molecule has 1 aromatic carbocycles. The minimum absolute atomic E-state index is 0.0910. The molecule has 0 bridgehead atoms. The van der Waals surface area contributed by atoms with Crippen LogP contribution in [0.1, 0.15) is 5.56 Å². The molecule has 84 valence electrons. The molecule has 0 aliphatic carbocycles. The summed E-state index contributed by atoms with van der Waals surface area (Å²) in [6.07, 6.45) is 7.02.